The number of amides is 2. The van der Waals surface area contributed by atoms with Gasteiger partial charge in [-0.1, -0.05) is 0 Å². The molecule has 3 saturated carbocycles. The lowest BCUT2D eigenvalue weighted by molar-refractivity contribution is -0.204. The number of hydrogen-bond donors (Lipinski definition) is 3. The predicted molar refractivity (Wildman–Crippen MR) is 178 cm³/mol. The number of carbonyl (C=O) groups excluding carboxylic acids is 2. The Morgan fingerprint density at radius 3 is 1.84 bits per heavy atom. The molecule has 4 heterocycles. The lowest BCUT2D eigenvalue weighted by Crippen LogP contribution is -2.73. The molecule has 0 saturated heterocycles. The molecule has 3 N–H and O–H groups in total. The fourth-order valence-corrected chi connectivity index (χ4v) is 11.4. The van der Waals surface area contributed by atoms with Crippen LogP contribution in [0.25, 0.3) is 20.2 Å². The van der Waals surface area contributed by atoms with Crippen LogP contribution in [0.3, 0.4) is 0 Å². The molecule has 1 unspecified atom stereocenters. The smallest absolute Gasteiger partial charge is 0.506 e. The molecule has 9 nitrogen and oxygen atoms in total. The van der Waals surface area contributed by atoms with Gasteiger partial charge in [0.15, 0.2) is 5.75 Å². The van der Waals surface area contributed by atoms with Gasteiger partial charge in [-0.25, -0.2) is 4.57 Å². The molecular formula is C31H29Cl2N2O7PS2. The molecule has 14 heteroatoms. The predicted octanol–water partition coefficient (Wildman–Crippen LogP) is 7.12. The Labute approximate surface area is 276 Å². The lowest BCUT2D eigenvalue weighted by Gasteiger charge is -2.69. The minimum atomic E-state index is -4.86. The van der Waals surface area contributed by atoms with Gasteiger partial charge in [-0.2, -0.15) is 0 Å². The van der Waals surface area contributed by atoms with Gasteiger partial charge in [-0.15, -0.1) is 45.9 Å². The molecule has 0 spiro atoms. The third kappa shape index (κ3) is 4.08. The average Bonchev–Trinajstić information content (AvgIpc) is 3.69. The van der Waals surface area contributed by atoms with Gasteiger partial charge in [0.1, 0.15) is 5.75 Å². The van der Waals surface area contributed by atoms with Crippen molar-refractivity contribution in [1.82, 2.24) is 0 Å². The fraction of sp³-hybridized carbons (Fsp3) is 0.419. The van der Waals surface area contributed by atoms with Gasteiger partial charge in [0.2, 0.25) is 11.8 Å². The maximum absolute atomic E-state index is 14.3. The number of phenolic OH excluding ortho intramolecular Hbond substituents is 1. The number of rotatable bonds is 6. The van der Waals surface area contributed by atoms with E-state index in [0.29, 0.717) is 54.3 Å². The van der Waals surface area contributed by atoms with Crippen molar-refractivity contribution in [3.8, 4) is 11.5 Å². The Morgan fingerprint density at radius 2 is 1.36 bits per heavy atom. The van der Waals surface area contributed by atoms with Crippen molar-refractivity contribution in [2.45, 2.75) is 44.9 Å². The van der Waals surface area contributed by atoms with E-state index in [-0.39, 0.29) is 41.0 Å². The zero-order valence-corrected chi connectivity index (χ0v) is 28.3. The van der Waals surface area contributed by atoms with E-state index in [2.05, 4.69) is 0 Å². The topological polar surface area (TPSA) is 128 Å². The summed E-state index contributed by atoms with van der Waals surface area (Å²) < 4.78 is 18.4. The van der Waals surface area contributed by atoms with Crippen LogP contribution in [-0.2, 0) is 14.2 Å². The number of anilines is 2. The van der Waals surface area contributed by atoms with E-state index in [9.17, 15) is 29.0 Å². The quantitative estimate of drug-likeness (QED) is 0.144. The first kappa shape index (κ1) is 30.0. The van der Waals surface area contributed by atoms with Gasteiger partial charge in [-0.3, -0.25) is 19.4 Å². The van der Waals surface area contributed by atoms with Crippen LogP contribution in [0.4, 0.5) is 11.4 Å². The number of halogens is 2. The van der Waals surface area contributed by atoms with Gasteiger partial charge in [0.25, 0.3) is 0 Å². The number of aryl methyl sites for hydroxylation is 2. The van der Waals surface area contributed by atoms with Crippen molar-refractivity contribution in [2.75, 3.05) is 34.6 Å². The second-order valence-electron chi connectivity index (χ2n) is 13.1. The zero-order chi connectivity index (χ0) is 31.8. The summed E-state index contributed by atoms with van der Waals surface area (Å²) in [6, 6.07) is 3.24. The van der Waals surface area contributed by atoms with Crippen LogP contribution in [0.1, 0.15) is 53.4 Å². The largest absolute Gasteiger partial charge is 0.524 e. The number of aromatic hydroxyl groups is 1. The molecule has 2 bridgehead atoms. The summed E-state index contributed by atoms with van der Waals surface area (Å²) in [4.78, 5) is 51.1. The molecule has 2 aromatic carbocycles. The van der Waals surface area contributed by atoms with E-state index < -0.39 is 18.7 Å². The van der Waals surface area contributed by atoms with Crippen molar-refractivity contribution < 1.29 is 33.6 Å². The van der Waals surface area contributed by atoms with Crippen molar-refractivity contribution >= 4 is 97.1 Å². The third-order valence-electron chi connectivity index (χ3n) is 10.3. The highest BCUT2D eigenvalue weighted by Crippen LogP contribution is 2.75. The second-order valence-corrected chi connectivity index (χ2v) is 16.6. The molecule has 0 radical (unpaired) electrons. The molecule has 5 aliphatic rings. The Bertz CT molecular complexity index is 2020. The summed E-state index contributed by atoms with van der Waals surface area (Å²) in [5.74, 6) is 0.453. The molecule has 3 fully saturated rings. The van der Waals surface area contributed by atoms with E-state index in [1.807, 2.05) is 24.6 Å². The maximum Gasteiger partial charge on any atom is 0.524 e. The first-order chi connectivity index (χ1) is 21.3. The van der Waals surface area contributed by atoms with Crippen LogP contribution in [0.15, 0.2) is 22.9 Å². The lowest BCUT2D eigenvalue weighted by atomic mass is 9.34. The van der Waals surface area contributed by atoms with Gasteiger partial charge in [0.05, 0.1) is 31.6 Å². The number of carbonyl (C=O) groups is 2. The van der Waals surface area contributed by atoms with E-state index in [1.165, 1.54) is 22.7 Å². The van der Waals surface area contributed by atoms with Gasteiger partial charge < -0.3 is 19.4 Å². The summed E-state index contributed by atoms with van der Waals surface area (Å²) in [6.45, 7) is 4.70. The SMILES string of the molecule is Cc1csc2c(OP(=O)(O)O)cc3c(c12)C(CCl)CN3C(=O)C12CC(C(=O)N3C[C@@H](CCl)c4c3cc(O)c3scc(C)c43)(C1)C2. The van der Waals surface area contributed by atoms with Gasteiger partial charge >= 0.3 is 7.82 Å². The normalized spacial score (nSPS) is 26.6. The molecule has 236 valence electrons. The van der Waals surface area contributed by atoms with Crippen LogP contribution >= 0.6 is 53.7 Å². The highest BCUT2D eigenvalue weighted by atomic mass is 35.5. The molecule has 2 aliphatic heterocycles. The number of phosphoric ester groups is 1. The third-order valence-corrected chi connectivity index (χ3v) is 13.7. The minimum absolute atomic E-state index is 0.0345. The highest BCUT2D eigenvalue weighted by Gasteiger charge is 2.76. The summed E-state index contributed by atoms with van der Waals surface area (Å²) in [6.07, 6.45) is 1.26. The van der Waals surface area contributed by atoms with Crippen LogP contribution in [0.5, 0.6) is 11.5 Å². The maximum atomic E-state index is 14.3. The van der Waals surface area contributed by atoms with Crippen LogP contribution in [-0.4, -0.2) is 51.6 Å². The molecule has 9 rings (SSSR count). The van der Waals surface area contributed by atoms with Crippen LogP contribution in [0, 0.1) is 24.7 Å². The standard InChI is InChI=1S/C31H29Cl2N2O7PS2/c1-14-9-44-26-20(36)3-18-24(22(14)26)16(5-32)7-34(18)28(37)30-11-31(12-30,13-30)29(38)35-8-17(6-33)25-19(35)4-21(42-43(39,40)41)27-23(25)15(2)10-45-27/h3-4,9-10,16-17,36H,5-8,11-13H2,1-2H3,(H2,39,40,41)/t16-,17?,30?,31?/m1/s1. The second kappa shape index (κ2) is 9.83. The molecule has 2 aromatic heterocycles. The highest BCUT2D eigenvalue weighted by molar-refractivity contribution is 7.46. The molecule has 45 heavy (non-hydrogen) atoms. The number of nitrogens with zero attached hydrogens (tertiary/aromatic N) is 2. The number of phenols is 1. The Morgan fingerprint density at radius 1 is 0.889 bits per heavy atom. The van der Waals surface area contributed by atoms with Crippen molar-refractivity contribution in [1.29, 1.82) is 0 Å². The summed E-state index contributed by atoms with van der Waals surface area (Å²) >= 11 is 15.7. The summed E-state index contributed by atoms with van der Waals surface area (Å²) in [5, 5.41) is 16.5. The number of benzene rings is 2. The Kier molecular flexibility index (Phi) is 6.55. The number of hydrogen-bond acceptors (Lipinski definition) is 7. The van der Waals surface area contributed by atoms with E-state index in [4.69, 9.17) is 27.7 Å². The molecule has 4 aromatic rings. The van der Waals surface area contributed by atoms with Crippen LogP contribution < -0.4 is 14.3 Å². The number of thiophene rings is 2. The van der Waals surface area contributed by atoms with Gasteiger partial charge in [0, 0.05) is 59.6 Å². The molecular weight excluding hydrogens is 678 g/mol. The first-order valence-corrected chi connectivity index (χ1v) is 19.0. The molecule has 3 aliphatic carbocycles. The fourth-order valence-electron chi connectivity index (χ4n) is 8.46. The Balaban J connectivity index is 1.10. The Hall–Kier alpha value is -2.37. The van der Waals surface area contributed by atoms with Crippen molar-refractivity contribution in [3.63, 3.8) is 0 Å². The summed E-state index contributed by atoms with van der Waals surface area (Å²) in [7, 11) is -4.86. The van der Waals surface area contributed by atoms with E-state index in [1.54, 1.807) is 21.9 Å². The zero-order valence-electron chi connectivity index (χ0n) is 24.3. The average molecular weight is 708 g/mol. The van der Waals surface area contributed by atoms with Crippen molar-refractivity contribution in [2.24, 2.45) is 10.8 Å². The number of phosphoric acid groups is 1. The van der Waals surface area contributed by atoms with E-state index >= 15 is 0 Å². The monoisotopic (exact) mass is 706 g/mol. The molecule has 2 atom stereocenters. The summed E-state index contributed by atoms with van der Waals surface area (Å²) in [5.41, 5.74) is 3.77. The minimum Gasteiger partial charge on any atom is -0.506 e. The number of fused-ring (bicyclic) bond motifs is 6. The van der Waals surface area contributed by atoms with Crippen molar-refractivity contribution in [3.05, 3.63) is 45.1 Å². The van der Waals surface area contributed by atoms with E-state index in [0.717, 1.165) is 37.7 Å². The molecule has 2 amide bonds. The van der Waals surface area contributed by atoms with Gasteiger partial charge in [-0.05, 0) is 66.1 Å². The number of alkyl halides is 2. The van der Waals surface area contributed by atoms with Crippen LogP contribution in [0.2, 0.25) is 0 Å². The first-order valence-electron chi connectivity index (χ1n) is 14.6.